The lowest BCUT2D eigenvalue weighted by Gasteiger charge is -2.41. The molecule has 1 aliphatic rings. The second kappa shape index (κ2) is 18.2. The number of aryl methyl sites for hydroxylation is 1. The normalized spacial score (nSPS) is 14.5. The number of carbonyl (C=O) groups is 1. The third-order valence-corrected chi connectivity index (χ3v) is 10.0. The first-order valence-electron chi connectivity index (χ1n) is 17.5. The number of rotatable bonds is 16. The van der Waals surface area contributed by atoms with E-state index < -0.39 is 0 Å². The van der Waals surface area contributed by atoms with Gasteiger partial charge in [0.15, 0.2) is 11.5 Å². The molecule has 1 unspecified atom stereocenters. The van der Waals surface area contributed by atoms with Crippen molar-refractivity contribution in [1.29, 1.82) is 0 Å². The van der Waals surface area contributed by atoms with Crippen molar-refractivity contribution in [3.8, 4) is 11.5 Å². The zero-order valence-corrected chi connectivity index (χ0v) is 30.2. The standard InChI is InChI=1S/C42H51FN2O3.ClH/c1-31(2)41-37-30-39(48-4)38(47-3)29-33(37)23-28-45(41)27-12-25-42(34-13-7-5-8-14-34,35-15-9-6-10-16-35)24-11-26-44-40(46)22-19-32-17-20-36(43)21-18-32;/h5-10,13-18,20-21,29-31,41H,11-12,19,22-28H2,1-4H3,(H,44,46);1H. The average Bonchev–Trinajstić information content (AvgIpc) is 3.12. The zero-order valence-electron chi connectivity index (χ0n) is 29.4. The Morgan fingerprint density at radius 1 is 0.878 bits per heavy atom. The molecular weight excluding hydrogens is 635 g/mol. The minimum atomic E-state index is -0.258. The highest BCUT2D eigenvalue weighted by molar-refractivity contribution is 5.85. The van der Waals surface area contributed by atoms with E-state index in [4.69, 9.17) is 9.47 Å². The van der Waals surface area contributed by atoms with E-state index in [9.17, 15) is 9.18 Å². The summed E-state index contributed by atoms with van der Waals surface area (Å²) in [7, 11) is 3.41. The number of hydrogen-bond donors (Lipinski definition) is 1. The molecule has 0 fully saturated rings. The van der Waals surface area contributed by atoms with Crippen molar-refractivity contribution in [2.24, 2.45) is 5.92 Å². The van der Waals surface area contributed by atoms with Gasteiger partial charge in [-0.25, -0.2) is 4.39 Å². The maximum Gasteiger partial charge on any atom is 0.220 e. The van der Waals surface area contributed by atoms with Gasteiger partial charge < -0.3 is 14.8 Å². The Morgan fingerprint density at radius 3 is 2.06 bits per heavy atom. The molecule has 0 radical (unpaired) electrons. The Balaban J connectivity index is 0.00000541. The summed E-state index contributed by atoms with van der Waals surface area (Å²) in [5.74, 6) is 1.81. The third kappa shape index (κ3) is 9.43. The van der Waals surface area contributed by atoms with Crippen molar-refractivity contribution in [2.45, 2.75) is 70.3 Å². The summed E-state index contributed by atoms with van der Waals surface area (Å²) in [6.07, 6.45) is 5.80. The predicted octanol–water partition coefficient (Wildman–Crippen LogP) is 9.12. The summed E-state index contributed by atoms with van der Waals surface area (Å²) in [5.41, 5.74) is 6.13. The van der Waals surface area contributed by atoms with E-state index in [0.717, 1.165) is 62.3 Å². The first-order valence-corrected chi connectivity index (χ1v) is 17.5. The van der Waals surface area contributed by atoms with E-state index in [-0.39, 0.29) is 29.5 Å². The topological polar surface area (TPSA) is 50.8 Å². The van der Waals surface area contributed by atoms with E-state index in [2.05, 4.69) is 96.9 Å². The summed E-state index contributed by atoms with van der Waals surface area (Å²) < 4.78 is 24.6. The molecule has 1 atom stereocenters. The van der Waals surface area contributed by atoms with Gasteiger partial charge in [-0.2, -0.15) is 0 Å². The number of benzene rings is 4. The summed E-state index contributed by atoms with van der Waals surface area (Å²) in [6, 6.07) is 32.8. The highest BCUT2D eigenvalue weighted by Crippen LogP contribution is 2.43. The lowest BCUT2D eigenvalue weighted by atomic mass is 9.68. The van der Waals surface area contributed by atoms with Crippen molar-refractivity contribution in [3.05, 3.63) is 131 Å². The van der Waals surface area contributed by atoms with Crippen LogP contribution in [0.15, 0.2) is 97.1 Å². The highest BCUT2D eigenvalue weighted by Gasteiger charge is 2.35. The molecule has 5 rings (SSSR count). The molecule has 0 aliphatic carbocycles. The van der Waals surface area contributed by atoms with Crippen LogP contribution in [0.25, 0.3) is 0 Å². The van der Waals surface area contributed by atoms with Gasteiger partial charge >= 0.3 is 0 Å². The van der Waals surface area contributed by atoms with Crippen LogP contribution in [0.5, 0.6) is 11.5 Å². The molecule has 7 heteroatoms. The number of halogens is 2. The van der Waals surface area contributed by atoms with Crippen LogP contribution < -0.4 is 14.8 Å². The van der Waals surface area contributed by atoms with Gasteiger partial charge in [0.1, 0.15) is 5.82 Å². The molecule has 5 nitrogen and oxygen atoms in total. The molecule has 4 aromatic rings. The number of hydrogen-bond acceptors (Lipinski definition) is 4. The van der Waals surface area contributed by atoms with Crippen LogP contribution in [0.4, 0.5) is 4.39 Å². The summed E-state index contributed by atoms with van der Waals surface area (Å²) >= 11 is 0. The molecule has 0 spiro atoms. The fourth-order valence-electron chi connectivity index (χ4n) is 7.64. The first-order chi connectivity index (χ1) is 23.3. The Morgan fingerprint density at radius 2 is 1.47 bits per heavy atom. The predicted molar refractivity (Wildman–Crippen MR) is 200 cm³/mol. The van der Waals surface area contributed by atoms with E-state index in [1.165, 1.54) is 34.4 Å². The van der Waals surface area contributed by atoms with Crippen LogP contribution in [0.1, 0.15) is 79.8 Å². The number of fused-ring (bicyclic) bond motifs is 1. The van der Waals surface area contributed by atoms with Crippen molar-refractivity contribution >= 4 is 18.3 Å². The van der Waals surface area contributed by atoms with Gasteiger partial charge in [-0.05, 0) is 103 Å². The van der Waals surface area contributed by atoms with Gasteiger partial charge in [0, 0.05) is 31.0 Å². The number of nitrogens with one attached hydrogen (secondary N) is 1. The Labute approximate surface area is 298 Å². The number of amides is 1. The molecule has 1 N–H and O–H groups in total. The lowest BCUT2D eigenvalue weighted by Crippen LogP contribution is -2.39. The van der Waals surface area contributed by atoms with Gasteiger partial charge in [0.05, 0.1) is 14.2 Å². The van der Waals surface area contributed by atoms with E-state index in [1.807, 2.05) is 0 Å². The van der Waals surface area contributed by atoms with Crippen molar-refractivity contribution < 1.29 is 18.7 Å². The Kier molecular flexibility index (Phi) is 14.1. The van der Waals surface area contributed by atoms with E-state index >= 15 is 0 Å². The summed E-state index contributed by atoms with van der Waals surface area (Å²) in [4.78, 5) is 15.4. The monoisotopic (exact) mass is 686 g/mol. The zero-order chi connectivity index (χ0) is 33.9. The van der Waals surface area contributed by atoms with Gasteiger partial charge in [-0.3, -0.25) is 9.69 Å². The number of nitrogens with zero attached hydrogens (tertiary/aromatic N) is 1. The SMILES string of the molecule is COc1cc2c(cc1OC)C(C(C)C)N(CCCC(CCCNC(=O)CCc1ccc(F)cc1)(c1ccccc1)c1ccccc1)CC2.Cl. The number of methoxy groups -OCH3 is 2. The minimum absolute atomic E-state index is 0. The molecule has 262 valence electrons. The fourth-order valence-corrected chi connectivity index (χ4v) is 7.64. The summed E-state index contributed by atoms with van der Waals surface area (Å²) in [6.45, 7) is 7.26. The molecule has 0 saturated heterocycles. The second-order valence-corrected chi connectivity index (χ2v) is 13.4. The third-order valence-electron chi connectivity index (χ3n) is 10.0. The molecular formula is C42H52ClFN2O3. The molecule has 49 heavy (non-hydrogen) atoms. The quantitative estimate of drug-likeness (QED) is 0.120. The van der Waals surface area contributed by atoms with Gasteiger partial charge in [0.25, 0.3) is 0 Å². The molecule has 0 bridgehead atoms. The second-order valence-electron chi connectivity index (χ2n) is 13.4. The van der Waals surface area contributed by atoms with Crippen molar-refractivity contribution in [1.82, 2.24) is 10.2 Å². The fraction of sp³-hybridized carbons (Fsp3) is 0.405. The lowest BCUT2D eigenvalue weighted by molar-refractivity contribution is -0.121. The van der Waals surface area contributed by atoms with Gasteiger partial charge in [-0.15, -0.1) is 12.4 Å². The number of carbonyl (C=O) groups excluding carboxylic acids is 1. The Bertz CT molecular complexity index is 1560. The minimum Gasteiger partial charge on any atom is -0.493 e. The van der Waals surface area contributed by atoms with Gasteiger partial charge in [-0.1, -0.05) is 86.6 Å². The highest BCUT2D eigenvalue weighted by atomic mass is 35.5. The summed E-state index contributed by atoms with van der Waals surface area (Å²) in [5, 5.41) is 3.15. The molecule has 4 aromatic carbocycles. The van der Waals surface area contributed by atoms with Crippen LogP contribution >= 0.6 is 12.4 Å². The van der Waals surface area contributed by atoms with Crippen LogP contribution in [0.2, 0.25) is 0 Å². The first kappa shape index (κ1) is 37.9. The van der Waals surface area contributed by atoms with Crippen LogP contribution in [-0.2, 0) is 23.1 Å². The van der Waals surface area contributed by atoms with Crippen LogP contribution in [-0.4, -0.2) is 44.7 Å². The maximum absolute atomic E-state index is 13.3. The van der Waals surface area contributed by atoms with Crippen LogP contribution in [0.3, 0.4) is 0 Å². The molecule has 1 amide bonds. The van der Waals surface area contributed by atoms with Crippen LogP contribution in [0, 0.1) is 11.7 Å². The molecule has 1 heterocycles. The van der Waals surface area contributed by atoms with E-state index in [1.54, 1.807) is 26.4 Å². The van der Waals surface area contributed by atoms with Crippen molar-refractivity contribution in [3.63, 3.8) is 0 Å². The van der Waals surface area contributed by atoms with Gasteiger partial charge in [0.2, 0.25) is 5.91 Å². The van der Waals surface area contributed by atoms with Crippen molar-refractivity contribution in [2.75, 3.05) is 33.9 Å². The number of ether oxygens (including phenoxy) is 2. The average molecular weight is 687 g/mol. The smallest absolute Gasteiger partial charge is 0.220 e. The maximum atomic E-state index is 13.3. The Hall–Kier alpha value is -3.87. The molecule has 0 aromatic heterocycles. The van der Waals surface area contributed by atoms with E-state index in [0.29, 0.717) is 31.3 Å². The largest absolute Gasteiger partial charge is 0.493 e. The molecule has 1 aliphatic heterocycles. The molecule has 0 saturated carbocycles.